The largest absolute Gasteiger partial charge is 0.432 e. The number of rotatable bonds is 3. The van der Waals surface area contributed by atoms with Gasteiger partial charge in [-0.2, -0.15) is 8.78 Å². The summed E-state index contributed by atoms with van der Waals surface area (Å²) in [6.07, 6.45) is 3.11. The Balaban J connectivity index is 2.51. The van der Waals surface area contributed by atoms with E-state index in [2.05, 4.69) is 9.72 Å². The van der Waals surface area contributed by atoms with Gasteiger partial charge in [-0.25, -0.2) is 9.37 Å². The van der Waals surface area contributed by atoms with E-state index in [0.717, 1.165) is 12.1 Å². The van der Waals surface area contributed by atoms with Crippen LogP contribution in [-0.4, -0.2) is 16.2 Å². The quantitative estimate of drug-likeness (QED) is 0.859. The molecular weight excluding hydrogens is 247 g/mol. The second-order valence-corrected chi connectivity index (χ2v) is 3.56. The van der Waals surface area contributed by atoms with Crippen LogP contribution in [0.3, 0.4) is 0 Å². The van der Waals surface area contributed by atoms with Crippen LogP contribution in [0.2, 0.25) is 0 Å². The molecule has 18 heavy (non-hydrogen) atoms. The predicted molar refractivity (Wildman–Crippen MR) is 59.3 cm³/mol. The number of nitrogens with zero attached hydrogens (tertiary/aromatic N) is 2. The number of halogens is 3. The van der Waals surface area contributed by atoms with Crippen molar-refractivity contribution in [2.45, 2.75) is 13.5 Å². The summed E-state index contributed by atoms with van der Waals surface area (Å²) in [6.45, 7) is -1.39. The van der Waals surface area contributed by atoms with E-state index in [0.29, 0.717) is 11.5 Å². The van der Waals surface area contributed by atoms with E-state index in [9.17, 15) is 13.2 Å². The standard InChI is InChI=1S/C11H10F3N3O/c1-6-16-2-3-17(6)9-5-10(18-11(13)14)7(12)4-8(9)15/h2-5,11H,15H2,1H3. The third-order valence-corrected chi connectivity index (χ3v) is 2.38. The van der Waals surface area contributed by atoms with E-state index in [4.69, 9.17) is 5.73 Å². The summed E-state index contributed by atoms with van der Waals surface area (Å²) >= 11 is 0. The van der Waals surface area contributed by atoms with Crippen LogP contribution in [0.15, 0.2) is 24.5 Å². The second kappa shape index (κ2) is 4.59. The summed E-state index contributed by atoms with van der Waals surface area (Å²) in [5.41, 5.74) is 6.09. The molecule has 0 saturated carbocycles. The van der Waals surface area contributed by atoms with Gasteiger partial charge in [-0.1, -0.05) is 0 Å². The normalized spacial score (nSPS) is 10.9. The van der Waals surface area contributed by atoms with Gasteiger partial charge < -0.3 is 15.0 Å². The number of benzene rings is 1. The van der Waals surface area contributed by atoms with Crippen LogP contribution in [0.5, 0.6) is 5.75 Å². The zero-order chi connectivity index (χ0) is 13.3. The van der Waals surface area contributed by atoms with E-state index in [1.165, 1.54) is 6.20 Å². The van der Waals surface area contributed by atoms with Crippen LogP contribution in [0.4, 0.5) is 18.9 Å². The number of hydrogen-bond donors (Lipinski definition) is 1. The van der Waals surface area contributed by atoms with Gasteiger partial charge in [0.1, 0.15) is 5.82 Å². The topological polar surface area (TPSA) is 53.1 Å². The van der Waals surface area contributed by atoms with Crippen LogP contribution in [-0.2, 0) is 0 Å². The number of alkyl halides is 2. The molecule has 2 N–H and O–H groups in total. The van der Waals surface area contributed by atoms with E-state index < -0.39 is 18.2 Å². The molecule has 0 amide bonds. The van der Waals surface area contributed by atoms with E-state index in [1.54, 1.807) is 17.7 Å². The first-order valence-corrected chi connectivity index (χ1v) is 5.03. The molecule has 1 aromatic carbocycles. The highest BCUT2D eigenvalue weighted by Crippen LogP contribution is 2.28. The minimum absolute atomic E-state index is 0.107. The SMILES string of the molecule is Cc1nccn1-c1cc(OC(F)F)c(F)cc1N. The van der Waals surface area contributed by atoms with E-state index in [1.807, 2.05) is 0 Å². The Morgan fingerprint density at radius 3 is 2.67 bits per heavy atom. The number of imidazole rings is 1. The Hall–Kier alpha value is -2.18. The van der Waals surface area contributed by atoms with Gasteiger partial charge in [-0.3, -0.25) is 0 Å². The molecule has 0 atom stereocenters. The van der Waals surface area contributed by atoms with Gasteiger partial charge in [0.05, 0.1) is 11.4 Å². The average molecular weight is 257 g/mol. The molecule has 0 aliphatic carbocycles. The summed E-state index contributed by atoms with van der Waals surface area (Å²) in [5, 5.41) is 0. The summed E-state index contributed by atoms with van der Waals surface area (Å²) in [5.74, 6) is -0.895. The molecule has 0 unspecified atom stereocenters. The van der Waals surface area contributed by atoms with Crippen LogP contribution < -0.4 is 10.5 Å². The molecule has 0 saturated heterocycles. The van der Waals surface area contributed by atoms with Gasteiger partial charge in [0, 0.05) is 24.5 Å². The number of ether oxygens (including phenoxy) is 1. The number of hydrogen-bond acceptors (Lipinski definition) is 3. The van der Waals surface area contributed by atoms with Crippen LogP contribution in [0, 0.1) is 12.7 Å². The van der Waals surface area contributed by atoms with E-state index in [-0.39, 0.29) is 5.69 Å². The van der Waals surface area contributed by atoms with Crippen molar-refractivity contribution in [2.75, 3.05) is 5.73 Å². The van der Waals surface area contributed by atoms with Crippen molar-refractivity contribution in [1.29, 1.82) is 0 Å². The van der Waals surface area contributed by atoms with Gasteiger partial charge in [-0.05, 0) is 6.92 Å². The molecule has 1 heterocycles. The fourth-order valence-corrected chi connectivity index (χ4v) is 1.59. The third kappa shape index (κ3) is 2.24. The number of aromatic nitrogens is 2. The van der Waals surface area contributed by atoms with Crippen molar-refractivity contribution in [1.82, 2.24) is 9.55 Å². The molecule has 2 rings (SSSR count). The Bertz CT molecular complexity index is 569. The highest BCUT2D eigenvalue weighted by Gasteiger charge is 2.15. The number of nitrogen functional groups attached to an aromatic ring is 1. The minimum atomic E-state index is -3.10. The molecule has 2 aromatic rings. The molecule has 96 valence electrons. The molecule has 0 aliphatic rings. The predicted octanol–water partition coefficient (Wildman–Crippen LogP) is 2.50. The highest BCUT2D eigenvalue weighted by atomic mass is 19.3. The van der Waals surface area contributed by atoms with E-state index >= 15 is 0 Å². The van der Waals surface area contributed by atoms with Gasteiger partial charge in [0.25, 0.3) is 0 Å². The molecular formula is C11H10F3N3O. The first kappa shape index (κ1) is 12.3. The zero-order valence-electron chi connectivity index (χ0n) is 9.40. The van der Waals surface area contributed by atoms with Crippen molar-refractivity contribution >= 4 is 5.69 Å². The Morgan fingerprint density at radius 1 is 1.39 bits per heavy atom. The summed E-state index contributed by atoms with van der Waals surface area (Å²) in [4.78, 5) is 3.97. The van der Waals surface area contributed by atoms with Crippen LogP contribution in [0.1, 0.15) is 5.82 Å². The van der Waals surface area contributed by atoms with Crippen LogP contribution in [0.25, 0.3) is 5.69 Å². The van der Waals surface area contributed by atoms with Gasteiger partial charge >= 0.3 is 6.61 Å². The average Bonchev–Trinajstić information content (AvgIpc) is 2.68. The fraction of sp³-hybridized carbons (Fsp3) is 0.182. The second-order valence-electron chi connectivity index (χ2n) is 3.56. The highest BCUT2D eigenvalue weighted by molar-refractivity contribution is 5.61. The summed E-state index contributed by atoms with van der Waals surface area (Å²) < 4.78 is 43.2. The lowest BCUT2D eigenvalue weighted by atomic mass is 10.2. The fourth-order valence-electron chi connectivity index (χ4n) is 1.59. The van der Waals surface area contributed by atoms with Crippen molar-refractivity contribution in [3.8, 4) is 11.4 Å². The molecule has 1 aromatic heterocycles. The molecule has 0 bridgehead atoms. The molecule has 0 radical (unpaired) electrons. The molecule has 7 heteroatoms. The van der Waals surface area contributed by atoms with Crippen LogP contribution >= 0.6 is 0 Å². The monoisotopic (exact) mass is 257 g/mol. The lowest BCUT2D eigenvalue weighted by Crippen LogP contribution is -2.07. The van der Waals surface area contributed by atoms with Crippen molar-refractivity contribution in [3.05, 3.63) is 36.2 Å². The van der Waals surface area contributed by atoms with Gasteiger partial charge in [0.2, 0.25) is 0 Å². The van der Waals surface area contributed by atoms with Crippen molar-refractivity contribution < 1.29 is 17.9 Å². The van der Waals surface area contributed by atoms with Crippen molar-refractivity contribution in [3.63, 3.8) is 0 Å². The maximum Gasteiger partial charge on any atom is 0.387 e. The molecule has 0 fully saturated rings. The lowest BCUT2D eigenvalue weighted by Gasteiger charge is -2.12. The van der Waals surface area contributed by atoms with Crippen molar-refractivity contribution in [2.24, 2.45) is 0 Å². The smallest absolute Gasteiger partial charge is 0.387 e. The maximum atomic E-state index is 13.4. The first-order valence-electron chi connectivity index (χ1n) is 5.03. The summed E-state index contributed by atoms with van der Waals surface area (Å²) in [6, 6.07) is 2.05. The Kier molecular flexibility index (Phi) is 3.14. The number of anilines is 1. The number of aryl methyl sites for hydroxylation is 1. The minimum Gasteiger partial charge on any atom is -0.432 e. The number of nitrogens with two attached hydrogens (primary N) is 1. The maximum absolute atomic E-state index is 13.4. The Labute approximate surface area is 101 Å². The third-order valence-electron chi connectivity index (χ3n) is 2.38. The molecule has 0 spiro atoms. The van der Waals surface area contributed by atoms with Gasteiger partial charge in [-0.15, -0.1) is 0 Å². The first-order chi connectivity index (χ1) is 8.49. The lowest BCUT2D eigenvalue weighted by molar-refractivity contribution is -0.0521. The summed E-state index contributed by atoms with van der Waals surface area (Å²) in [7, 11) is 0. The zero-order valence-corrected chi connectivity index (χ0v) is 9.40. The Morgan fingerprint density at radius 2 is 2.11 bits per heavy atom. The molecule has 0 aliphatic heterocycles. The van der Waals surface area contributed by atoms with Gasteiger partial charge in [0.15, 0.2) is 11.6 Å². The molecule has 4 nitrogen and oxygen atoms in total.